The predicted molar refractivity (Wildman–Crippen MR) is 128 cm³/mol. The minimum atomic E-state index is -0.785. The molecule has 2 heterocycles. The van der Waals surface area contributed by atoms with E-state index < -0.39 is 33.9 Å². The Labute approximate surface area is 202 Å². The quantitative estimate of drug-likeness (QED) is 0.315. The highest BCUT2D eigenvalue weighted by molar-refractivity contribution is 7.07. The van der Waals surface area contributed by atoms with Gasteiger partial charge in [-0.05, 0) is 49.2 Å². The van der Waals surface area contributed by atoms with Gasteiger partial charge >= 0.3 is 11.7 Å². The number of esters is 1. The summed E-state index contributed by atoms with van der Waals surface area (Å²) in [5, 5.41) is 20.9. The maximum absolute atomic E-state index is 13.5. The lowest BCUT2D eigenvalue weighted by Gasteiger charge is -2.24. The summed E-state index contributed by atoms with van der Waals surface area (Å²) in [4.78, 5) is 41.8. The van der Waals surface area contributed by atoms with Crippen molar-refractivity contribution in [2.75, 3.05) is 13.7 Å². The number of hydrogen-bond donors (Lipinski definition) is 1. The number of allylic oxidation sites excluding steroid dienone is 1. The van der Waals surface area contributed by atoms with Crippen LogP contribution in [0.25, 0.3) is 6.08 Å². The fraction of sp³-hybridized carbons (Fsp3) is 0.208. The number of benzene rings is 2. The van der Waals surface area contributed by atoms with Crippen molar-refractivity contribution in [3.63, 3.8) is 0 Å². The molecule has 11 heteroatoms. The molecule has 0 amide bonds. The summed E-state index contributed by atoms with van der Waals surface area (Å²) in [6.07, 6.45) is 1.49. The molecule has 0 spiro atoms. The van der Waals surface area contributed by atoms with E-state index in [4.69, 9.17) is 9.47 Å². The molecule has 0 saturated carbocycles. The van der Waals surface area contributed by atoms with Crippen molar-refractivity contribution in [1.82, 2.24) is 4.57 Å². The largest absolute Gasteiger partial charge is 0.502 e. The van der Waals surface area contributed by atoms with Crippen molar-refractivity contribution in [3.8, 4) is 11.5 Å². The Morgan fingerprint density at radius 2 is 2.00 bits per heavy atom. The second-order valence-corrected chi connectivity index (χ2v) is 8.59. The first-order valence-corrected chi connectivity index (χ1v) is 11.4. The molecule has 180 valence electrons. The molecule has 2 aromatic carbocycles. The van der Waals surface area contributed by atoms with Crippen molar-refractivity contribution in [1.29, 1.82) is 0 Å². The van der Waals surface area contributed by atoms with E-state index in [1.807, 2.05) is 0 Å². The zero-order valence-corrected chi connectivity index (χ0v) is 19.9. The molecule has 35 heavy (non-hydrogen) atoms. The zero-order valence-electron chi connectivity index (χ0n) is 19.0. The summed E-state index contributed by atoms with van der Waals surface area (Å²) in [6, 6.07) is 10.1. The van der Waals surface area contributed by atoms with Crippen LogP contribution in [0.4, 0.5) is 5.69 Å². The van der Waals surface area contributed by atoms with Crippen LogP contribution in [-0.2, 0) is 9.53 Å². The second-order valence-electron chi connectivity index (χ2n) is 7.58. The van der Waals surface area contributed by atoms with Gasteiger partial charge in [0, 0.05) is 6.07 Å². The first kappa shape index (κ1) is 23.9. The number of rotatable bonds is 6. The Bertz CT molecular complexity index is 1530. The molecule has 0 saturated heterocycles. The number of aromatic hydroxyl groups is 1. The van der Waals surface area contributed by atoms with Crippen molar-refractivity contribution in [2.24, 2.45) is 4.99 Å². The van der Waals surface area contributed by atoms with E-state index in [0.717, 1.165) is 11.3 Å². The van der Waals surface area contributed by atoms with Crippen LogP contribution in [0.5, 0.6) is 11.5 Å². The van der Waals surface area contributed by atoms with E-state index in [-0.39, 0.29) is 16.7 Å². The van der Waals surface area contributed by atoms with Crippen molar-refractivity contribution in [3.05, 3.63) is 94.7 Å². The average molecular weight is 496 g/mol. The van der Waals surface area contributed by atoms with Crippen LogP contribution in [-0.4, -0.2) is 34.3 Å². The summed E-state index contributed by atoms with van der Waals surface area (Å²) >= 11 is 1.10. The highest BCUT2D eigenvalue weighted by Gasteiger charge is 2.33. The lowest BCUT2D eigenvalue weighted by Crippen LogP contribution is -2.39. The lowest BCUT2D eigenvalue weighted by atomic mass is 9.96. The summed E-state index contributed by atoms with van der Waals surface area (Å²) in [6.45, 7) is 3.54. The molecule has 0 bridgehead atoms. The number of carbonyl (C=O) groups excluding carboxylic acids is 1. The highest BCUT2D eigenvalue weighted by Crippen LogP contribution is 2.31. The summed E-state index contributed by atoms with van der Waals surface area (Å²) in [7, 11) is 1.54. The van der Waals surface area contributed by atoms with Gasteiger partial charge < -0.3 is 14.6 Å². The van der Waals surface area contributed by atoms with Crippen molar-refractivity contribution < 1.29 is 24.3 Å². The monoisotopic (exact) mass is 495 g/mol. The predicted octanol–water partition coefficient (Wildman–Crippen LogP) is 2.42. The number of phenols is 1. The Kier molecular flexibility index (Phi) is 6.52. The maximum Gasteiger partial charge on any atom is 0.338 e. The number of nitro groups is 1. The number of nitrogens with zero attached hydrogens (tertiary/aromatic N) is 3. The molecule has 4 rings (SSSR count). The number of hydrogen-bond acceptors (Lipinski definition) is 9. The van der Waals surface area contributed by atoms with Gasteiger partial charge in [0.2, 0.25) is 0 Å². The molecule has 1 aliphatic rings. The van der Waals surface area contributed by atoms with Crippen LogP contribution in [0.1, 0.15) is 31.0 Å². The average Bonchev–Trinajstić information content (AvgIpc) is 3.13. The first-order chi connectivity index (χ1) is 16.7. The number of thiazole rings is 1. The summed E-state index contributed by atoms with van der Waals surface area (Å²) in [5.41, 5.74) is 0.814. The van der Waals surface area contributed by atoms with Crippen LogP contribution < -0.4 is 19.6 Å². The highest BCUT2D eigenvalue weighted by atomic mass is 32.1. The summed E-state index contributed by atoms with van der Waals surface area (Å²) in [5.74, 6) is -0.422. The maximum atomic E-state index is 13.5. The van der Waals surface area contributed by atoms with Gasteiger partial charge in [0.25, 0.3) is 5.56 Å². The normalized spacial score (nSPS) is 15.4. The van der Waals surface area contributed by atoms with Crippen LogP contribution >= 0.6 is 11.3 Å². The van der Waals surface area contributed by atoms with Crippen LogP contribution in [0, 0.1) is 10.1 Å². The topological polar surface area (TPSA) is 133 Å². The molecule has 3 aromatic rings. The fourth-order valence-electron chi connectivity index (χ4n) is 3.82. The smallest absolute Gasteiger partial charge is 0.338 e. The third-order valence-electron chi connectivity index (χ3n) is 5.44. The van der Waals surface area contributed by atoms with Gasteiger partial charge in [-0.15, -0.1) is 0 Å². The minimum absolute atomic E-state index is 0.162. The van der Waals surface area contributed by atoms with Gasteiger partial charge in [0.05, 0.1) is 40.5 Å². The molecule has 1 N–H and O–H groups in total. The Morgan fingerprint density at radius 3 is 2.63 bits per heavy atom. The third-order valence-corrected chi connectivity index (χ3v) is 6.43. The minimum Gasteiger partial charge on any atom is -0.502 e. The van der Waals surface area contributed by atoms with Gasteiger partial charge in [0.1, 0.15) is 5.75 Å². The molecular formula is C24H21N3O7S. The number of phenolic OH excluding ortho intramolecular Hbond substituents is 1. The Balaban J connectivity index is 1.93. The summed E-state index contributed by atoms with van der Waals surface area (Å²) < 4.78 is 12.2. The molecule has 1 aromatic heterocycles. The van der Waals surface area contributed by atoms with E-state index in [0.29, 0.717) is 27.4 Å². The molecular weight excluding hydrogens is 474 g/mol. The van der Waals surface area contributed by atoms with Crippen LogP contribution in [0.3, 0.4) is 0 Å². The van der Waals surface area contributed by atoms with E-state index in [1.165, 1.54) is 28.8 Å². The second kappa shape index (κ2) is 9.55. The van der Waals surface area contributed by atoms with Gasteiger partial charge in [-0.2, -0.15) is 0 Å². The number of fused-ring (bicyclic) bond motifs is 1. The molecule has 10 nitrogen and oxygen atoms in total. The van der Waals surface area contributed by atoms with Crippen LogP contribution in [0.15, 0.2) is 63.5 Å². The van der Waals surface area contributed by atoms with Gasteiger partial charge in [-0.1, -0.05) is 29.5 Å². The molecule has 1 unspecified atom stereocenters. The Morgan fingerprint density at radius 1 is 1.29 bits per heavy atom. The zero-order chi connectivity index (χ0) is 25.3. The van der Waals surface area contributed by atoms with Gasteiger partial charge in [-0.3, -0.25) is 19.5 Å². The molecule has 0 radical (unpaired) electrons. The van der Waals surface area contributed by atoms with Gasteiger partial charge in [0.15, 0.2) is 10.6 Å². The third kappa shape index (κ3) is 4.45. The van der Waals surface area contributed by atoms with Crippen molar-refractivity contribution >= 4 is 29.1 Å². The number of nitro benzene ring substituents is 1. The fourth-order valence-corrected chi connectivity index (χ4v) is 4.87. The number of carbonyl (C=O) groups is 1. The first-order valence-electron chi connectivity index (χ1n) is 10.6. The molecule has 1 aliphatic heterocycles. The van der Waals surface area contributed by atoms with Crippen molar-refractivity contribution in [2.45, 2.75) is 19.9 Å². The SMILES string of the molecule is CCOC(=O)C1=C(C)N=c2s/c(=C\c3ccc(O)c([N+](=O)[O-])c3)c(=O)n2C1c1ccc(OC)cc1. The number of ether oxygens (including phenoxy) is 2. The number of aromatic nitrogens is 1. The van der Waals surface area contributed by atoms with E-state index in [1.54, 1.807) is 45.2 Å². The van der Waals surface area contributed by atoms with Crippen LogP contribution in [0.2, 0.25) is 0 Å². The van der Waals surface area contributed by atoms with E-state index in [9.17, 15) is 24.8 Å². The molecule has 0 aliphatic carbocycles. The van der Waals surface area contributed by atoms with E-state index in [2.05, 4.69) is 4.99 Å². The Hall–Kier alpha value is -4.25. The standard InChI is InChI=1S/C24H21N3O7S/c1-4-34-23(30)20-13(2)25-24-26(21(20)15-6-8-16(33-3)9-7-15)22(29)19(35-24)12-14-5-10-18(28)17(11-14)27(31)32/h5-12,21,28H,4H2,1-3H3/b19-12-. The lowest BCUT2D eigenvalue weighted by molar-refractivity contribution is -0.385. The number of methoxy groups -OCH3 is 1. The van der Waals surface area contributed by atoms with E-state index >= 15 is 0 Å². The molecule has 0 fully saturated rings. The molecule has 1 atom stereocenters. The van der Waals surface area contributed by atoms with Gasteiger partial charge in [-0.25, -0.2) is 9.79 Å².